The zero-order chi connectivity index (χ0) is 19.0. The molecule has 0 aromatic heterocycles. The summed E-state index contributed by atoms with van der Waals surface area (Å²) in [5.41, 5.74) is -0.282. The summed E-state index contributed by atoms with van der Waals surface area (Å²) < 4.78 is 12.3. The van der Waals surface area contributed by atoms with E-state index in [1.54, 1.807) is 0 Å². The highest BCUT2D eigenvalue weighted by atomic mass is 29.6. The Balaban J connectivity index is 3.20. The van der Waals surface area contributed by atoms with Gasteiger partial charge in [0.2, 0.25) is 0 Å². The summed E-state index contributed by atoms with van der Waals surface area (Å²) in [7, 11) is -5.51. The molecule has 1 fully saturated rings. The van der Waals surface area contributed by atoms with Crippen LogP contribution in [0.3, 0.4) is 0 Å². The van der Waals surface area contributed by atoms with Gasteiger partial charge in [0.1, 0.15) is 0 Å². The smallest absolute Gasteiger partial charge is 0.330 e. The second-order valence-electron chi connectivity index (χ2n) is 8.60. The van der Waals surface area contributed by atoms with Crippen LogP contribution in [-0.2, 0) is 18.8 Å². The highest BCUT2D eigenvalue weighted by Gasteiger charge is 2.65. The molecule has 0 spiro atoms. The first-order valence-electron chi connectivity index (χ1n) is 8.50. The predicted molar refractivity (Wildman–Crippen MR) is 103 cm³/mol. The molecular formula is C16H32O5Si3. The van der Waals surface area contributed by atoms with Crippen molar-refractivity contribution >= 4 is 34.5 Å². The maximum Gasteiger partial charge on any atom is 0.330 e. The van der Waals surface area contributed by atoms with Gasteiger partial charge in [-0.25, -0.2) is 9.59 Å². The fourth-order valence-electron chi connectivity index (χ4n) is 4.15. The number of carboxylic acids is 1. The first-order chi connectivity index (χ1) is 10.7. The third kappa shape index (κ3) is 4.09. The molecule has 138 valence electrons. The van der Waals surface area contributed by atoms with E-state index >= 15 is 0 Å². The molecule has 0 aliphatic carbocycles. The summed E-state index contributed by atoms with van der Waals surface area (Å²) >= 11 is 0. The minimum absolute atomic E-state index is 0.0972. The first-order valence-corrected chi connectivity index (χ1v) is 19.2. The lowest BCUT2D eigenvalue weighted by Crippen LogP contribution is -2.82. The van der Waals surface area contributed by atoms with Gasteiger partial charge < -0.3 is 14.3 Å². The van der Waals surface area contributed by atoms with Crippen molar-refractivity contribution < 1.29 is 23.9 Å². The highest BCUT2D eigenvalue weighted by molar-refractivity contribution is 7.68. The second-order valence-corrected chi connectivity index (χ2v) is 34.9. The van der Waals surface area contributed by atoms with Crippen molar-refractivity contribution in [1.29, 1.82) is 0 Å². The van der Waals surface area contributed by atoms with Crippen LogP contribution >= 0.6 is 0 Å². The highest BCUT2D eigenvalue weighted by Crippen LogP contribution is 2.46. The Morgan fingerprint density at radius 3 is 2.21 bits per heavy atom. The molecule has 1 aliphatic heterocycles. The minimum atomic E-state index is -1.93. The van der Waals surface area contributed by atoms with E-state index in [0.717, 1.165) is 24.6 Å². The molecule has 2 atom stereocenters. The average molecular weight is 389 g/mol. The molecule has 1 rings (SSSR count). The van der Waals surface area contributed by atoms with Crippen LogP contribution in [0.4, 0.5) is 0 Å². The van der Waals surface area contributed by atoms with E-state index in [-0.39, 0.29) is 11.3 Å². The van der Waals surface area contributed by atoms with Crippen molar-refractivity contribution in [3.8, 4) is 0 Å². The van der Waals surface area contributed by atoms with Crippen molar-refractivity contribution in [2.75, 3.05) is 0 Å². The third-order valence-electron chi connectivity index (χ3n) is 5.96. The van der Waals surface area contributed by atoms with Gasteiger partial charge in [0.15, 0.2) is 7.83 Å². The second kappa shape index (κ2) is 6.89. The first kappa shape index (κ1) is 21.3. The third-order valence-corrected chi connectivity index (χ3v) is 46.4. The Labute approximate surface area is 148 Å². The monoisotopic (exact) mass is 388 g/mol. The quantitative estimate of drug-likeness (QED) is 0.444. The summed E-state index contributed by atoms with van der Waals surface area (Å²) in [6.07, 6.45) is 2.63. The summed E-state index contributed by atoms with van der Waals surface area (Å²) in [6, 6.07) is 0.976. The number of hydrogen-bond acceptors (Lipinski definition) is 4. The fraction of sp³-hybridized carbons (Fsp3) is 0.750. The minimum Gasteiger partial charge on any atom is -0.478 e. The Bertz CT molecular complexity index is 542. The molecule has 1 saturated heterocycles. The normalized spacial score (nSPS) is 29.2. The molecule has 2 unspecified atom stereocenters. The lowest BCUT2D eigenvalue weighted by atomic mass is 10.2. The predicted octanol–water partition coefficient (Wildman–Crippen LogP) is 3.45. The molecule has 8 heteroatoms. The molecule has 0 amide bonds. The van der Waals surface area contributed by atoms with Crippen LogP contribution in [-0.4, -0.2) is 50.9 Å². The Morgan fingerprint density at radius 2 is 1.75 bits per heavy atom. The number of hydrogen-bond donors (Lipinski definition) is 1. The Kier molecular flexibility index (Phi) is 6.13. The standard InChI is InChI=1S/C16H32O5Si3/c1-9-15(20-14(19)11-10-13(17)18)24(8)12-16(2,3)21-22(4,5)23(24,6)7/h10-11,15H,9,12H2,1-8H3,(H,17,18). The lowest BCUT2D eigenvalue weighted by Gasteiger charge is -2.60. The maximum atomic E-state index is 12.1. The van der Waals surface area contributed by atoms with Crippen LogP contribution in [0.2, 0.25) is 38.8 Å². The molecule has 0 aromatic carbocycles. The molecule has 1 heterocycles. The molecular weight excluding hydrogens is 356 g/mol. The number of rotatable bonds is 5. The van der Waals surface area contributed by atoms with Gasteiger partial charge in [-0.05, 0) is 39.4 Å². The van der Waals surface area contributed by atoms with Gasteiger partial charge in [0.25, 0.3) is 0 Å². The van der Waals surface area contributed by atoms with Gasteiger partial charge in [-0.15, -0.1) is 0 Å². The fourth-order valence-corrected chi connectivity index (χ4v) is 38.6. The van der Waals surface area contributed by atoms with Crippen LogP contribution in [0.5, 0.6) is 0 Å². The van der Waals surface area contributed by atoms with Crippen LogP contribution < -0.4 is 0 Å². The van der Waals surface area contributed by atoms with E-state index in [1.807, 2.05) is 0 Å². The number of carbonyl (C=O) groups is 2. The van der Waals surface area contributed by atoms with Gasteiger partial charge in [-0.1, -0.05) is 26.6 Å². The zero-order valence-electron chi connectivity index (χ0n) is 16.2. The number of carboxylic acid groups (broad SMARTS) is 1. The van der Waals surface area contributed by atoms with Crippen molar-refractivity contribution in [1.82, 2.24) is 0 Å². The Morgan fingerprint density at radius 1 is 1.21 bits per heavy atom. The van der Waals surface area contributed by atoms with E-state index in [4.69, 9.17) is 14.3 Å². The van der Waals surface area contributed by atoms with E-state index in [0.29, 0.717) is 0 Å². The van der Waals surface area contributed by atoms with E-state index in [1.165, 1.54) is 0 Å². The molecule has 1 aliphatic rings. The zero-order valence-corrected chi connectivity index (χ0v) is 19.2. The largest absolute Gasteiger partial charge is 0.478 e. The molecule has 0 bridgehead atoms. The Hall–Kier alpha value is -0.709. The number of esters is 1. The average Bonchev–Trinajstić information content (AvgIpc) is 2.38. The summed E-state index contributed by atoms with van der Waals surface area (Å²) in [6.45, 7) is 18.2. The molecule has 24 heavy (non-hydrogen) atoms. The summed E-state index contributed by atoms with van der Waals surface area (Å²) in [5.74, 6) is -1.69. The van der Waals surface area contributed by atoms with Crippen LogP contribution in [0.25, 0.3) is 0 Å². The van der Waals surface area contributed by atoms with Crippen LogP contribution in [0, 0.1) is 0 Å². The number of carbonyl (C=O) groups excluding carboxylic acids is 1. The van der Waals surface area contributed by atoms with Gasteiger partial charge in [-0.3, -0.25) is 0 Å². The van der Waals surface area contributed by atoms with Crippen molar-refractivity contribution in [2.45, 2.75) is 77.3 Å². The number of ether oxygens (including phenoxy) is 1. The molecule has 5 nitrogen and oxygen atoms in total. The van der Waals surface area contributed by atoms with Crippen LogP contribution in [0.15, 0.2) is 12.2 Å². The molecule has 0 radical (unpaired) electrons. The SMILES string of the molecule is CCC(OC(=O)C=CC(=O)O)[Si]1(C)CC(C)(C)O[Si](C)(C)[Si]1(C)C. The summed E-state index contributed by atoms with van der Waals surface area (Å²) in [4.78, 5) is 22.7. The molecule has 0 aromatic rings. The van der Waals surface area contributed by atoms with E-state index in [2.05, 4.69) is 53.5 Å². The lowest BCUT2D eigenvalue weighted by molar-refractivity contribution is -0.140. The number of aliphatic carboxylic acids is 1. The van der Waals surface area contributed by atoms with Crippen LogP contribution in [0.1, 0.15) is 27.2 Å². The molecule has 1 N–H and O–H groups in total. The van der Waals surface area contributed by atoms with Crippen molar-refractivity contribution in [3.05, 3.63) is 12.2 Å². The van der Waals surface area contributed by atoms with Gasteiger partial charge in [0.05, 0.1) is 20.4 Å². The summed E-state index contributed by atoms with van der Waals surface area (Å²) in [5, 5.41) is 8.68. The van der Waals surface area contributed by atoms with Crippen molar-refractivity contribution in [3.63, 3.8) is 0 Å². The maximum absolute atomic E-state index is 12.1. The van der Waals surface area contributed by atoms with E-state index < -0.39 is 34.5 Å². The molecule has 0 saturated carbocycles. The van der Waals surface area contributed by atoms with Gasteiger partial charge >= 0.3 is 11.9 Å². The van der Waals surface area contributed by atoms with Gasteiger partial charge in [0, 0.05) is 17.8 Å². The topological polar surface area (TPSA) is 72.8 Å². The van der Waals surface area contributed by atoms with Crippen molar-refractivity contribution in [2.24, 2.45) is 0 Å². The van der Waals surface area contributed by atoms with E-state index in [9.17, 15) is 9.59 Å². The van der Waals surface area contributed by atoms with Gasteiger partial charge in [-0.2, -0.15) is 0 Å².